The van der Waals surface area contributed by atoms with Gasteiger partial charge in [0.05, 0.1) is 13.0 Å². The highest BCUT2D eigenvalue weighted by atomic mass is 32.1. The summed E-state index contributed by atoms with van der Waals surface area (Å²) in [6.45, 7) is 0.540. The average Bonchev–Trinajstić information content (AvgIpc) is 3.33. The first kappa shape index (κ1) is 22.8. The molecule has 1 aliphatic carbocycles. The maximum atomic E-state index is 13.4. The van der Waals surface area contributed by atoms with Crippen molar-refractivity contribution in [3.05, 3.63) is 90.8 Å². The summed E-state index contributed by atoms with van der Waals surface area (Å²) < 4.78 is 1.32. The average molecular weight is 465 g/mol. The summed E-state index contributed by atoms with van der Waals surface area (Å²) in [4.78, 5) is 42.7. The highest BCUT2D eigenvalue weighted by Crippen LogP contribution is 2.24. The van der Waals surface area contributed by atoms with Crippen LogP contribution in [0, 0.1) is 0 Å². The number of anilines is 2. The number of allylic oxidation sites excluding steroid dienone is 1. The number of benzene rings is 1. The van der Waals surface area contributed by atoms with Crippen LogP contribution < -0.4 is 21.9 Å². The van der Waals surface area contributed by atoms with Gasteiger partial charge in [0.15, 0.2) is 5.69 Å². The Balaban J connectivity index is 1.70. The number of aromatic nitrogens is 2. The number of nitrogens with zero attached hydrogens (tertiary/aromatic N) is 2. The van der Waals surface area contributed by atoms with Crippen LogP contribution in [0.4, 0.5) is 11.5 Å². The number of carbonyl (C=O) groups is 1. The number of hydrogen-bond donors (Lipinski definition) is 2. The van der Waals surface area contributed by atoms with Crippen molar-refractivity contribution in [2.45, 2.75) is 45.1 Å². The quantitative estimate of drug-likeness (QED) is 0.497. The van der Waals surface area contributed by atoms with E-state index in [0.717, 1.165) is 30.4 Å². The Labute approximate surface area is 196 Å². The fourth-order valence-corrected chi connectivity index (χ4v) is 4.84. The molecule has 3 N–H and O–H groups in total. The van der Waals surface area contributed by atoms with E-state index in [1.807, 2.05) is 47.2 Å². The van der Waals surface area contributed by atoms with E-state index < -0.39 is 11.2 Å². The maximum absolute atomic E-state index is 13.4. The van der Waals surface area contributed by atoms with Crippen LogP contribution in [-0.2, 0) is 17.8 Å². The monoisotopic (exact) mass is 464 g/mol. The Hall–Kier alpha value is -3.39. The maximum Gasteiger partial charge on any atom is 0.330 e. The summed E-state index contributed by atoms with van der Waals surface area (Å²) in [7, 11) is 0. The number of nitrogen functional groups attached to an aromatic ring is 1. The molecule has 1 aromatic carbocycles. The number of hydrogen-bond acceptors (Lipinski definition) is 5. The van der Waals surface area contributed by atoms with Crippen LogP contribution in [0.15, 0.2) is 68.4 Å². The minimum absolute atomic E-state index is 0.00361. The number of H-pyrrole nitrogens is 1. The van der Waals surface area contributed by atoms with Crippen molar-refractivity contribution >= 4 is 28.7 Å². The van der Waals surface area contributed by atoms with Gasteiger partial charge in [-0.3, -0.25) is 19.1 Å². The van der Waals surface area contributed by atoms with Gasteiger partial charge in [0.25, 0.3) is 5.56 Å². The van der Waals surface area contributed by atoms with Gasteiger partial charge < -0.3 is 10.6 Å². The Morgan fingerprint density at radius 3 is 2.64 bits per heavy atom. The van der Waals surface area contributed by atoms with Crippen molar-refractivity contribution in [1.29, 1.82) is 0 Å². The summed E-state index contributed by atoms with van der Waals surface area (Å²) in [6, 6.07) is 11.3. The van der Waals surface area contributed by atoms with Crippen molar-refractivity contribution in [2.24, 2.45) is 0 Å². The lowest BCUT2D eigenvalue weighted by Crippen LogP contribution is -2.42. The molecule has 0 atom stereocenters. The third kappa shape index (κ3) is 5.51. The minimum atomic E-state index is -0.641. The van der Waals surface area contributed by atoms with Crippen LogP contribution in [0.25, 0.3) is 0 Å². The summed E-state index contributed by atoms with van der Waals surface area (Å²) in [5.41, 5.74) is 8.25. The Kier molecular flexibility index (Phi) is 7.24. The fraction of sp³-hybridized carbons (Fsp3) is 0.320. The number of carbonyl (C=O) groups excluding carboxylic acids is 1. The number of amides is 1. The van der Waals surface area contributed by atoms with Crippen LogP contribution in [-0.4, -0.2) is 22.0 Å². The van der Waals surface area contributed by atoms with E-state index in [1.165, 1.54) is 32.8 Å². The zero-order valence-electron chi connectivity index (χ0n) is 18.5. The highest BCUT2D eigenvalue weighted by Gasteiger charge is 2.25. The van der Waals surface area contributed by atoms with Crippen molar-refractivity contribution in [3.8, 4) is 0 Å². The molecule has 172 valence electrons. The van der Waals surface area contributed by atoms with Gasteiger partial charge in [-0.1, -0.05) is 42.0 Å². The summed E-state index contributed by atoms with van der Waals surface area (Å²) in [5.74, 6) is -0.212. The molecular formula is C25H28N4O3S. The lowest BCUT2D eigenvalue weighted by atomic mass is 9.97. The molecule has 0 radical (unpaired) electrons. The molecule has 0 aliphatic heterocycles. The topological polar surface area (TPSA) is 101 Å². The molecule has 1 amide bonds. The van der Waals surface area contributed by atoms with Gasteiger partial charge in [0, 0.05) is 6.54 Å². The van der Waals surface area contributed by atoms with Crippen molar-refractivity contribution in [3.63, 3.8) is 0 Å². The normalized spacial score (nSPS) is 13.5. The lowest BCUT2D eigenvalue weighted by molar-refractivity contribution is -0.118. The SMILES string of the molecule is Nc1c(N(CCC2=CCCCC2)C(=O)Cc2ccsc2)c(=O)[nH]c(=O)n1Cc1ccccc1. The van der Waals surface area contributed by atoms with Gasteiger partial charge in [-0.05, 0) is 60.1 Å². The summed E-state index contributed by atoms with van der Waals surface area (Å²) in [6.07, 6.45) is 7.44. The number of nitrogens with one attached hydrogen (secondary N) is 1. The third-order valence-corrected chi connectivity index (χ3v) is 6.68. The zero-order chi connectivity index (χ0) is 23.2. The van der Waals surface area contributed by atoms with Crippen LogP contribution in [0.5, 0.6) is 0 Å². The van der Waals surface area contributed by atoms with Crippen LogP contribution in [0.3, 0.4) is 0 Å². The molecule has 0 saturated heterocycles. The van der Waals surface area contributed by atoms with E-state index in [-0.39, 0.29) is 30.4 Å². The molecule has 2 heterocycles. The van der Waals surface area contributed by atoms with E-state index in [1.54, 1.807) is 0 Å². The van der Waals surface area contributed by atoms with Crippen LogP contribution in [0.2, 0.25) is 0 Å². The van der Waals surface area contributed by atoms with Crippen LogP contribution >= 0.6 is 11.3 Å². The molecule has 2 aromatic heterocycles. The van der Waals surface area contributed by atoms with Gasteiger partial charge >= 0.3 is 5.69 Å². The summed E-state index contributed by atoms with van der Waals surface area (Å²) in [5, 5.41) is 3.84. The molecule has 0 bridgehead atoms. The van der Waals surface area contributed by atoms with Gasteiger partial charge in [0.1, 0.15) is 5.82 Å². The molecule has 0 fully saturated rings. The van der Waals surface area contributed by atoms with Gasteiger partial charge in [0.2, 0.25) is 5.91 Å². The standard InChI is InChI=1S/C25H28N4O3S/c26-23-22(24(31)27-25(32)29(23)16-19-9-5-2-6-10-19)28(13-11-18-7-3-1-4-8-18)21(30)15-20-12-14-33-17-20/h2,5-7,9-10,12,14,17H,1,3-4,8,11,13,15-16,26H2,(H,27,31,32). The second kappa shape index (κ2) is 10.5. The molecule has 4 rings (SSSR count). The van der Waals surface area contributed by atoms with Gasteiger partial charge in [-0.25, -0.2) is 4.79 Å². The lowest BCUT2D eigenvalue weighted by Gasteiger charge is -2.25. The molecule has 1 aliphatic rings. The fourth-order valence-electron chi connectivity index (χ4n) is 4.17. The molecule has 0 saturated carbocycles. The van der Waals surface area contributed by atoms with Gasteiger partial charge in [-0.2, -0.15) is 11.3 Å². The third-order valence-electron chi connectivity index (χ3n) is 5.95. The molecule has 0 unspecified atom stereocenters. The second-order valence-corrected chi connectivity index (χ2v) is 9.06. The molecule has 8 heteroatoms. The number of aromatic amines is 1. The predicted octanol–water partition coefficient (Wildman–Crippen LogP) is 3.69. The van der Waals surface area contributed by atoms with Crippen molar-refractivity contribution in [2.75, 3.05) is 17.2 Å². The number of thiophene rings is 1. The van der Waals surface area contributed by atoms with E-state index in [9.17, 15) is 14.4 Å². The number of nitrogens with two attached hydrogens (primary N) is 1. The second-order valence-electron chi connectivity index (χ2n) is 8.28. The minimum Gasteiger partial charge on any atom is -0.383 e. The number of rotatable bonds is 8. The predicted molar refractivity (Wildman–Crippen MR) is 133 cm³/mol. The smallest absolute Gasteiger partial charge is 0.330 e. The first-order valence-corrected chi connectivity index (χ1v) is 12.1. The van der Waals surface area contributed by atoms with Crippen LogP contribution in [0.1, 0.15) is 43.2 Å². The molecular weight excluding hydrogens is 436 g/mol. The molecule has 7 nitrogen and oxygen atoms in total. The van der Waals surface area contributed by atoms with Crippen molar-refractivity contribution < 1.29 is 4.79 Å². The first-order valence-electron chi connectivity index (χ1n) is 11.2. The van der Waals surface area contributed by atoms with E-state index >= 15 is 0 Å². The Morgan fingerprint density at radius 1 is 1.12 bits per heavy atom. The molecule has 3 aromatic rings. The largest absolute Gasteiger partial charge is 0.383 e. The Bertz CT molecular complexity index is 1240. The molecule has 0 spiro atoms. The van der Waals surface area contributed by atoms with E-state index in [4.69, 9.17) is 5.73 Å². The summed E-state index contributed by atoms with van der Waals surface area (Å²) >= 11 is 1.52. The van der Waals surface area contributed by atoms with Crippen molar-refractivity contribution in [1.82, 2.24) is 9.55 Å². The van der Waals surface area contributed by atoms with Gasteiger partial charge in [-0.15, -0.1) is 0 Å². The molecule has 33 heavy (non-hydrogen) atoms. The Morgan fingerprint density at radius 2 is 1.94 bits per heavy atom. The first-order chi connectivity index (χ1) is 16.0. The van der Waals surface area contributed by atoms with E-state index in [0.29, 0.717) is 13.0 Å². The zero-order valence-corrected chi connectivity index (χ0v) is 19.3. The van der Waals surface area contributed by atoms with E-state index in [2.05, 4.69) is 11.1 Å². The highest BCUT2D eigenvalue weighted by molar-refractivity contribution is 7.08.